The molecule has 0 saturated carbocycles. The third kappa shape index (κ3) is 4.28. The summed E-state index contributed by atoms with van der Waals surface area (Å²) in [5.74, 6) is 1.65. The Morgan fingerprint density at radius 2 is 2.24 bits per heavy atom. The number of nitrogens with zero attached hydrogens (tertiary/aromatic N) is 2. The fourth-order valence-electron chi connectivity index (χ4n) is 3.27. The van der Waals surface area contributed by atoms with E-state index in [-0.39, 0.29) is 5.91 Å². The first-order valence-electron chi connectivity index (χ1n) is 9.06. The van der Waals surface area contributed by atoms with Gasteiger partial charge in [0, 0.05) is 31.1 Å². The van der Waals surface area contributed by atoms with Crippen molar-refractivity contribution in [3.8, 4) is 0 Å². The minimum absolute atomic E-state index is 0.0136. The van der Waals surface area contributed by atoms with Gasteiger partial charge in [0.05, 0.1) is 6.54 Å². The van der Waals surface area contributed by atoms with Gasteiger partial charge in [-0.05, 0) is 43.0 Å². The average Bonchev–Trinajstić information content (AvgIpc) is 3.11. The minimum Gasteiger partial charge on any atom is -0.361 e. The van der Waals surface area contributed by atoms with Crippen LogP contribution in [-0.4, -0.2) is 36.1 Å². The van der Waals surface area contributed by atoms with Crippen LogP contribution in [0.5, 0.6) is 0 Å². The van der Waals surface area contributed by atoms with Crippen LogP contribution in [-0.2, 0) is 6.54 Å². The molecule has 0 spiro atoms. The van der Waals surface area contributed by atoms with Crippen molar-refractivity contribution in [2.75, 3.05) is 20.1 Å². The van der Waals surface area contributed by atoms with Crippen LogP contribution in [0.4, 0.5) is 0 Å². The van der Waals surface area contributed by atoms with E-state index in [0.717, 1.165) is 30.1 Å². The Balaban J connectivity index is 1.68. The number of hydrogen-bond donors (Lipinski definition) is 1. The van der Waals surface area contributed by atoms with Crippen LogP contribution in [0.25, 0.3) is 0 Å². The molecule has 2 aromatic rings. The number of carbonyl (C=O) groups excluding carboxylic acids is 1. The van der Waals surface area contributed by atoms with Crippen molar-refractivity contribution < 1.29 is 9.32 Å². The molecule has 1 N–H and O–H groups in total. The summed E-state index contributed by atoms with van der Waals surface area (Å²) >= 11 is 0. The number of hydrogen-bond acceptors (Lipinski definition) is 4. The Morgan fingerprint density at radius 3 is 2.92 bits per heavy atom. The summed E-state index contributed by atoms with van der Waals surface area (Å²) in [6.45, 7) is 6.65. The summed E-state index contributed by atoms with van der Waals surface area (Å²) in [7, 11) is 1.81. The van der Waals surface area contributed by atoms with Crippen LogP contribution in [0.3, 0.4) is 0 Å². The van der Waals surface area contributed by atoms with Crippen molar-refractivity contribution >= 4 is 5.91 Å². The molecule has 5 heteroatoms. The third-order valence-corrected chi connectivity index (χ3v) is 4.79. The number of benzene rings is 1. The van der Waals surface area contributed by atoms with E-state index in [2.05, 4.69) is 30.4 Å². The monoisotopic (exact) mass is 341 g/mol. The van der Waals surface area contributed by atoms with Gasteiger partial charge in [-0.3, -0.25) is 4.79 Å². The van der Waals surface area contributed by atoms with Crippen LogP contribution in [0, 0.1) is 0 Å². The van der Waals surface area contributed by atoms with Crippen LogP contribution in [0.1, 0.15) is 65.9 Å². The summed E-state index contributed by atoms with van der Waals surface area (Å²) in [4.78, 5) is 14.5. The highest BCUT2D eigenvalue weighted by molar-refractivity contribution is 5.94. The first-order valence-corrected chi connectivity index (χ1v) is 9.06. The molecular formula is C20H27N3O2. The smallest absolute Gasteiger partial charge is 0.253 e. The molecule has 2 heterocycles. The van der Waals surface area contributed by atoms with E-state index < -0.39 is 0 Å². The predicted octanol–water partition coefficient (Wildman–Crippen LogP) is 3.54. The fourth-order valence-corrected chi connectivity index (χ4v) is 3.27. The van der Waals surface area contributed by atoms with Gasteiger partial charge in [-0.2, -0.15) is 0 Å². The maximum absolute atomic E-state index is 12.8. The molecule has 0 unspecified atom stereocenters. The Hall–Kier alpha value is -2.14. The molecule has 1 fully saturated rings. The molecule has 1 aromatic carbocycles. The highest BCUT2D eigenvalue weighted by Gasteiger charge is 2.19. The second kappa shape index (κ2) is 7.83. The van der Waals surface area contributed by atoms with Gasteiger partial charge in [0.15, 0.2) is 0 Å². The fraction of sp³-hybridized carbons (Fsp3) is 0.500. The summed E-state index contributed by atoms with van der Waals surface area (Å²) < 4.78 is 5.32. The van der Waals surface area contributed by atoms with Gasteiger partial charge < -0.3 is 14.7 Å². The van der Waals surface area contributed by atoms with Crippen molar-refractivity contribution in [3.05, 3.63) is 52.9 Å². The Bertz CT molecular complexity index is 717. The summed E-state index contributed by atoms with van der Waals surface area (Å²) in [5.41, 5.74) is 2.76. The molecule has 0 aliphatic carbocycles. The highest BCUT2D eigenvalue weighted by Crippen LogP contribution is 2.24. The largest absolute Gasteiger partial charge is 0.361 e. The van der Waals surface area contributed by atoms with Gasteiger partial charge in [-0.1, -0.05) is 31.1 Å². The second-order valence-corrected chi connectivity index (χ2v) is 7.21. The van der Waals surface area contributed by atoms with Gasteiger partial charge in [0.1, 0.15) is 11.5 Å². The highest BCUT2D eigenvalue weighted by atomic mass is 16.5. The maximum atomic E-state index is 12.8. The van der Waals surface area contributed by atoms with E-state index in [4.69, 9.17) is 4.52 Å². The third-order valence-electron chi connectivity index (χ3n) is 4.79. The van der Waals surface area contributed by atoms with Gasteiger partial charge in [-0.25, -0.2) is 0 Å². The lowest BCUT2D eigenvalue weighted by molar-refractivity contribution is 0.0782. The average molecular weight is 341 g/mol. The molecule has 1 aliphatic heterocycles. The maximum Gasteiger partial charge on any atom is 0.253 e. The Morgan fingerprint density at radius 1 is 1.40 bits per heavy atom. The van der Waals surface area contributed by atoms with Gasteiger partial charge in [0.25, 0.3) is 5.91 Å². The minimum atomic E-state index is 0.0136. The summed E-state index contributed by atoms with van der Waals surface area (Å²) in [6.07, 6.45) is 2.37. The van der Waals surface area contributed by atoms with Crippen LogP contribution in [0.2, 0.25) is 0 Å². The van der Waals surface area contributed by atoms with E-state index >= 15 is 0 Å². The van der Waals surface area contributed by atoms with Crippen molar-refractivity contribution in [1.82, 2.24) is 15.4 Å². The molecule has 5 nitrogen and oxygen atoms in total. The lowest BCUT2D eigenvalue weighted by Gasteiger charge is -2.24. The number of piperidine rings is 1. The van der Waals surface area contributed by atoms with Crippen molar-refractivity contribution in [3.63, 3.8) is 0 Å². The van der Waals surface area contributed by atoms with Crippen molar-refractivity contribution in [1.29, 1.82) is 0 Å². The van der Waals surface area contributed by atoms with E-state index in [0.29, 0.717) is 18.4 Å². The zero-order chi connectivity index (χ0) is 17.8. The van der Waals surface area contributed by atoms with Crippen LogP contribution in [0.15, 0.2) is 34.9 Å². The number of nitrogens with one attached hydrogen (secondary N) is 1. The molecule has 1 saturated heterocycles. The Kier molecular flexibility index (Phi) is 5.53. The molecule has 3 rings (SSSR count). The lowest BCUT2D eigenvalue weighted by Crippen LogP contribution is -2.29. The van der Waals surface area contributed by atoms with Gasteiger partial charge in [-0.15, -0.1) is 0 Å². The molecule has 1 aromatic heterocycles. The number of amides is 1. The summed E-state index contributed by atoms with van der Waals surface area (Å²) in [5, 5.41) is 7.50. The van der Waals surface area contributed by atoms with E-state index in [1.807, 2.05) is 24.3 Å². The lowest BCUT2D eigenvalue weighted by atomic mass is 9.90. The molecule has 0 bridgehead atoms. The summed E-state index contributed by atoms with van der Waals surface area (Å²) in [6, 6.07) is 9.97. The molecule has 1 atom stereocenters. The SMILES string of the molecule is CC(C)c1cc(CN(C)C(=O)c2cccc([C@H]3CCCNC3)c2)no1. The van der Waals surface area contributed by atoms with Crippen molar-refractivity contribution in [2.45, 2.75) is 45.1 Å². The number of carbonyl (C=O) groups is 1. The van der Waals surface area contributed by atoms with E-state index in [1.54, 1.807) is 11.9 Å². The predicted molar refractivity (Wildman–Crippen MR) is 97.7 cm³/mol. The molecule has 1 aliphatic rings. The zero-order valence-electron chi connectivity index (χ0n) is 15.3. The van der Waals surface area contributed by atoms with E-state index in [9.17, 15) is 4.79 Å². The van der Waals surface area contributed by atoms with Crippen LogP contribution < -0.4 is 5.32 Å². The second-order valence-electron chi connectivity index (χ2n) is 7.21. The topological polar surface area (TPSA) is 58.4 Å². The van der Waals surface area contributed by atoms with E-state index in [1.165, 1.54) is 18.4 Å². The first kappa shape index (κ1) is 17.7. The van der Waals surface area contributed by atoms with Gasteiger partial charge >= 0.3 is 0 Å². The quantitative estimate of drug-likeness (QED) is 0.904. The molecule has 0 radical (unpaired) electrons. The van der Waals surface area contributed by atoms with Gasteiger partial charge in [0.2, 0.25) is 0 Å². The first-order chi connectivity index (χ1) is 12.0. The molecule has 25 heavy (non-hydrogen) atoms. The molecule has 1 amide bonds. The number of aromatic nitrogens is 1. The standard InChI is InChI=1S/C20H27N3O2/c1-14(2)19-11-18(22-25-19)13-23(3)20(24)16-7-4-6-15(10-16)17-8-5-9-21-12-17/h4,6-7,10-11,14,17,21H,5,8-9,12-13H2,1-3H3/t17-/m0/s1. The number of rotatable bonds is 5. The zero-order valence-corrected chi connectivity index (χ0v) is 15.3. The molecular weight excluding hydrogens is 314 g/mol. The van der Waals surface area contributed by atoms with Crippen molar-refractivity contribution in [2.24, 2.45) is 0 Å². The van der Waals surface area contributed by atoms with Crippen LogP contribution >= 0.6 is 0 Å². The Labute approximate surface area is 149 Å². The normalized spacial score (nSPS) is 17.7. The molecule has 134 valence electrons.